The molecule has 1 aromatic rings. The van der Waals surface area contributed by atoms with E-state index in [1.165, 1.54) is 22.3 Å². The van der Waals surface area contributed by atoms with E-state index in [1.54, 1.807) is 0 Å². The lowest BCUT2D eigenvalue weighted by Crippen LogP contribution is -2.43. The molecule has 0 radical (unpaired) electrons. The van der Waals surface area contributed by atoms with Crippen molar-refractivity contribution in [2.45, 2.75) is 45.1 Å². The second-order valence-electron chi connectivity index (χ2n) is 5.87. The van der Waals surface area contributed by atoms with Crippen LogP contribution in [0.3, 0.4) is 0 Å². The van der Waals surface area contributed by atoms with E-state index in [0.717, 1.165) is 31.2 Å². The molecular weight excluding hydrogens is 326 g/mol. The summed E-state index contributed by atoms with van der Waals surface area (Å²) >= 11 is 1.51. The molecule has 1 aliphatic heterocycles. The van der Waals surface area contributed by atoms with Crippen molar-refractivity contribution in [2.24, 2.45) is 5.92 Å². The maximum absolute atomic E-state index is 12.9. The van der Waals surface area contributed by atoms with E-state index >= 15 is 0 Å². The van der Waals surface area contributed by atoms with E-state index < -0.39 is 17.8 Å². The van der Waals surface area contributed by atoms with Gasteiger partial charge in [-0.15, -0.1) is 0 Å². The Morgan fingerprint density at radius 2 is 2.12 bits per heavy atom. The minimum atomic E-state index is -0.911. The van der Waals surface area contributed by atoms with E-state index in [9.17, 15) is 14.4 Å². The van der Waals surface area contributed by atoms with Crippen molar-refractivity contribution in [2.75, 3.05) is 6.61 Å². The number of amides is 2. The van der Waals surface area contributed by atoms with Crippen LogP contribution in [-0.4, -0.2) is 29.3 Å². The number of hydrogen-bond donors (Lipinski definition) is 0. The summed E-state index contributed by atoms with van der Waals surface area (Å²) in [5, 5.41) is 3.81. The van der Waals surface area contributed by atoms with Gasteiger partial charge in [-0.3, -0.25) is 19.3 Å². The Hall–Kier alpha value is -1.95. The largest absolute Gasteiger partial charge is 0.461 e. The fraction of sp³-hybridized carbons (Fsp3) is 0.500. The van der Waals surface area contributed by atoms with E-state index in [-0.39, 0.29) is 19.1 Å². The summed E-state index contributed by atoms with van der Waals surface area (Å²) in [6.45, 7) is 3.79. The first kappa shape index (κ1) is 18.4. The van der Waals surface area contributed by atoms with Gasteiger partial charge >= 0.3 is 5.97 Å². The van der Waals surface area contributed by atoms with Crippen molar-refractivity contribution in [3.05, 3.63) is 35.0 Å². The van der Waals surface area contributed by atoms with Crippen LogP contribution in [0.15, 0.2) is 29.5 Å². The number of nitrogens with zero attached hydrogens (tertiary/aromatic N) is 1. The number of ether oxygens (including phenoxy) is 1. The third-order valence-electron chi connectivity index (χ3n) is 4.05. The Morgan fingerprint density at radius 1 is 1.33 bits per heavy atom. The first-order valence-electron chi connectivity index (χ1n) is 8.26. The van der Waals surface area contributed by atoms with Crippen molar-refractivity contribution >= 4 is 29.1 Å². The zero-order chi connectivity index (χ0) is 17.4. The molecule has 1 saturated heterocycles. The third-order valence-corrected chi connectivity index (χ3v) is 4.78. The van der Waals surface area contributed by atoms with Crippen molar-refractivity contribution < 1.29 is 19.1 Å². The Morgan fingerprint density at radius 3 is 2.83 bits per heavy atom. The SMILES string of the molecule is C=CCOC(=O)C1CCCCCCC(=O)N(Cc2ccsc2)C1=O. The predicted octanol–water partition coefficient (Wildman–Crippen LogP) is 3.30. The maximum atomic E-state index is 12.9. The van der Waals surface area contributed by atoms with Crippen LogP contribution in [0.25, 0.3) is 0 Å². The highest BCUT2D eigenvalue weighted by molar-refractivity contribution is 7.07. The van der Waals surface area contributed by atoms with Crippen molar-refractivity contribution in [1.29, 1.82) is 0 Å². The van der Waals surface area contributed by atoms with Gasteiger partial charge in [-0.05, 0) is 35.2 Å². The fourth-order valence-electron chi connectivity index (χ4n) is 2.74. The molecule has 0 aliphatic carbocycles. The van der Waals surface area contributed by atoms with Crippen molar-refractivity contribution in [3.63, 3.8) is 0 Å². The Balaban J connectivity index is 2.20. The Kier molecular flexibility index (Phi) is 7.18. The minimum absolute atomic E-state index is 0.0705. The summed E-state index contributed by atoms with van der Waals surface area (Å²) in [4.78, 5) is 38.9. The van der Waals surface area contributed by atoms with Gasteiger partial charge < -0.3 is 4.74 Å². The molecule has 1 atom stereocenters. The first-order chi connectivity index (χ1) is 11.6. The average Bonchev–Trinajstić information content (AvgIpc) is 3.09. The quantitative estimate of drug-likeness (QED) is 0.354. The highest BCUT2D eigenvalue weighted by Crippen LogP contribution is 2.22. The molecule has 0 aromatic carbocycles. The first-order valence-corrected chi connectivity index (χ1v) is 9.20. The van der Waals surface area contributed by atoms with Crippen LogP contribution in [-0.2, 0) is 25.7 Å². The standard InChI is InChI=1S/C18H23NO4S/c1-2-10-23-18(22)15-7-5-3-4-6-8-16(20)19(17(15)21)12-14-9-11-24-13-14/h2,9,11,13,15H,1,3-8,10,12H2. The van der Waals surface area contributed by atoms with Gasteiger partial charge in [-0.1, -0.05) is 31.9 Å². The lowest BCUT2D eigenvalue weighted by Gasteiger charge is -2.26. The Labute approximate surface area is 146 Å². The van der Waals surface area contributed by atoms with Gasteiger partial charge in [0.25, 0.3) is 0 Å². The summed E-state index contributed by atoms with van der Waals surface area (Å²) < 4.78 is 5.07. The minimum Gasteiger partial charge on any atom is -0.461 e. The molecule has 2 rings (SSSR count). The van der Waals surface area contributed by atoms with Gasteiger partial charge in [0.15, 0.2) is 0 Å². The highest BCUT2D eigenvalue weighted by Gasteiger charge is 2.34. The van der Waals surface area contributed by atoms with Gasteiger partial charge in [-0.25, -0.2) is 0 Å². The lowest BCUT2D eigenvalue weighted by atomic mass is 9.96. The molecule has 2 amide bonds. The molecule has 5 nitrogen and oxygen atoms in total. The lowest BCUT2D eigenvalue weighted by molar-refractivity contribution is -0.158. The van der Waals surface area contributed by atoms with E-state index in [4.69, 9.17) is 4.74 Å². The summed E-state index contributed by atoms with van der Waals surface area (Å²) in [6, 6.07) is 1.88. The van der Waals surface area contributed by atoms with Crippen LogP contribution >= 0.6 is 11.3 Å². The number of carbonyl (C=O) groups excluding carboxylic acids is 3. The number of rotatable bonds is 5. The van der Waals surface area contributed by atoms with Gasteiger partial charge in [-0.2, -0.15) is 11.3 Å². The van der Waals surface area contributed by atoms with Crippen LogP contribution in [0.5, 0.6) is 0 Å². The molecule has 1 unspecified atom stereocenters. The van der Waals surface area contributed by atoms with Gasteiger partial charge in [0.2, 0.25) is 11.8 Å². The zero-order valence-electron chi connectivity index (χ0n) is 13.7. The van der Waals surface area contributed by atoms with Crippen molar-refractivity contribution in [1.82, 2.24) is 4.90 Å². The van der Waals surface area contributed by atoms with E-state index in [1.807, 2.05) is 16.8 Å². The molecule has 0 spiro atoms. The summed E-state index contributed by atoms with van der Waals surface area (Å²) in [5.74, 6) is -2.13. The summed E-state index contributed by atoms with van der Waals surface area (Å²) in [7, 11) is 0. The van der Waals surface area contributed by atoms with Crippen LogP contribution in [0.1, 0.15) is 44.1 Å². The van der Waals surface area contributed by atoms with Crippen molar-refractivity contribution in [3.8, 4) is 0 Å². The topological polar surface area (TPSA) is 63.7 Å². The molecule has 1 aromatic heterocycles. The average molecular weight is 349 g/mol. The fourth-order valence-corrected chi connectivity index (χ4v) is 3.40. The second kappa shape index (κ2) is 9.37. The second-order valence-corrected chi connectivity index (χ2v) is 6.65. The maximum Gasteiger partial charge on any atom is 0.318 e. The van der Waals surface area contributed by atoms with Crippen LogP contribution in [0.2, 0.25) is 0 Å². The summed E-state index contributed by atoms with van der Waals surface area (Å²) in [5.41, 5.74) is 0.900. The molecule has 0 N–H and O–H groups in total. The highest BCUT2D eigenvalue weighted by atomic mass is 32.1. The van der Waals surface area contributed by atoms with Crippen LogP contribution in [0.4, 0.5) is 0 Å². The molecule has 24 heavy (non-hydrogen) atoms. The normalized spacial score (nSPS) is 19.8. The molecule has 130 valence electrons. The number of hydrogen-bond acceptors (Lipinski definition) is 5. The monoisotopic (exact) mass is 349 g/mol. The van der Waals surface area contributed by atoms with Crippen LogP contribution in [0, 0.1) is 5.92 Å². The molecule has 0 bridgehead atoms. The summed E-state index contributed by atoms with van der Waals surface area (Å²) in [6.07, 6.45) is 5.62. The van der Waals surface area contributed by atoms with E-state index in [2.05, 4.69) is 6.58 Å². The van der Waals surface area contributed by atoms with Gasteiger partial charge in [0, 0.05) is 6.42 Å². The third kappa shape index (κ3) is 5.03. The number of esters is 1. The van der Waals surface area contributed by atoms with Crippen LogP contribution < -0.4 is 0 Å². The Bertz CT molecular complexity index is 582. The smallest absolute Gasteiger partial charge is 0.318 e. The zero-order valence-corrected chi connectivity index (χ0v) is 14.6. The molecule has 2 heterocycles. The van der Waals surface area contributed by atoms with Gasteiger partial charge in [0.05, 0.1) is 6.54 Å². The van der Waals surface area contributed by atoms with E-state index in [0.29, 0.717) is 12.8 Å². The molecular formula is C18H23NO4S. The molecule has 1 aliphatic rings. The number of thiophene rings is 1. The number of carbonyl (C=O) groups is 3. The molecule has 0 saturated carbocycles. The predicted molar refractivity (Wildman–Crippen MR) is 92.2 cm³/mol. The van der Waals surface area contributed by atoms with Gasteiger partial charge in [0.1, 0.15) is 12.5 Å². The number of imide groups is 1. The molecule has 6 heteroatoms. The molecule has 1 fully saturated rings.